The fraction of sp³-hybridized carbons (Fsp3) is 0.176. The molecule has 0 aromatic heterocycles. The summed E-state index contributed by atoms with van der Waals surface area (Å²) in [7, 11) is 0. The van der Waals surface area contributed by atoms with E-state index in [4.69, 9.17) is 10.5 Å². The van der Waals surface area contributed by atoms with Crippen LogP contribution < -0.4 is 5.73 Å². The minimum absolute atomic E-state index is 0.178. The fourth-order valence-corrected chi connectivity index (χ4v) is 2.68. The van der Waals surface area contributed by atoms with Crippen LogP contribution in [0.4, 0.5) is 0 Å². The molecule has 1 atom stereocenters. The normalized spacial score (nSPS) is 11.7. The third kappa shape index (κ3) is 4.63. The number of carbonyl (C=O) groups excluding carboxylic acids is 2. The molecule has 0 spiro atoms. The molecule has 0 bridgehead atoms. The standard InChI is InChI=1S/C17H17NO3S/c1-12(22-15-5-3-2-4-6-15)17(20)21-11-13-7-9-14(10-8-13)16(18)19/h2-10,12H,11H2,1H3,(H2,18,19)/t12-/m1/s1. The summed E-state index contributed by atoms with van der Waals surface area (Å²) < 4.78 is 5.29. The van der Waals surface area contributed by atoms with Crippen LogP contribution >= 0.6 is 11.8 Å². The summed E-state index contributed by atoms with van der Waals surface area (Å²) in [5.41, 5.74) is 6.42. The first-order valence-corrected chi connectivity index (χ1v) is 7.71. The third-order valence-corrected chi connectivity index (χ3v) is 4.10. The van der Waals surface area contributed by atoms with Gasteiger partial charge in [-0.2, -0.15) is 0 Å². The number of esters is 1. The van der Waals surface area contributed by atoms with Gasteiger partial charge < -0.3 is 10.5 Å². The Kier molecular flexibility index (Phi) is 5.61. The van der Waals surface area contributed by atoms with E-state index >= 15 is 0 Å². The van der Waals surface area contributed by atoms with E-state index in [1.54, 1.807) is 24.3 Å². The van der Waals surface area contributed by atoms with Gasteiger partial charge >= 0.3 is 5.97 Å². The number of rotatable bonds is 6. The van der Waals surface area contributed by atoms with Gasteiger partial charge in [0, 0.05) is 10.5 Å². The van der Waals surface area contributed by atoms with Gasteiger partial charge in [-0.1, -0.05) is 30.3 Å². The maximum Gasteiger partial charge on any atom is 0.319 e. The van der Waals surface area contributed by atoms with E-state index in [-0.39, 0.29) is 17.8 Å². The second-order valence-corrected chi connectivity index (χ2v) is 6.16. The number of hydrogen-bond acceptors (Lipinski definition) is 4. The Morgan fingerprint density at radius 2 is 1.73 bits per heavy atom. The Morgan fingerprint density at radius 1 is 1.09 bits per heavy atom. The SMILES string of the molecule is C[C@@H](Sc1ccccc1)C(=O)OCc1ccc(C(N)=O)cc1. The van der Waals surface area contributed by atoms with Crippen LogP contribution in [0.5, 0.6) is 0 Å². The summed E-state index contributed by atoms with van der Waals surface area (Å²) in [4.78, 5) is 24.0. The first-order valence-electron chi connectivity index (χ1n) is 6.83. The summed E-state index contributed by atoms with van der Waals surface area (Å²) in [5.74, 6) is -0.746. The second-order valence-electron chi connectivity index (χ2n) is 4.74. The van der Waals surface area contributed by atoms with Crippen LogP contribution in [-0.2, 0) is 16.1 Å². The van der Waals surface area contributed by atoms with Crippen molar-refractivity contribution in [1.82, 2.24) is 0 Å². The molecule has 0 saturated heterocycles. The molecule has 2 aromatic rings. The lowest BCUT2D eigenvalue weighted by molar-refractivity contribution is -0.143. The lowest BCUT2D eigenvalue weighted by atomic mass is 10.1. The summed E-state index contributed by atoms with van der Waals surface area (Å²) >= 11 is 1.46. The van der Waals surface area contributed by atoms with Gasteiger partial charge in [0.05, 0.1) is 0 Å². The molecule has 0 saturated carbocycles. The number of ether oxygens (including phenoxy) is 1. The summed E-state index contributed by atoms with van der Waals surface area (Å²) in [6.07, 6.45) is 0. The highest BCUT2D eigenvalue weighted by Crippen LogP contribution is 2.23. The van der Waals surface area contributed by atoms with Crippen molar-refractivity contribution in [2.24, 2.45) is 5.73 Å². The van der Waals surface area contributed by atoms with Crippen molar-refractivity contribution in [3.05, 3.63) is 65.7 Å². The summed E-state index contributed by atoms with van der Waals surface area (Å²) in [5, 5.41) is -0.285. The van der Waals surface area contributed by atoms with Crippen LogP contribution in [0.2, 0.25) is 0 Å². The molecule has 2 N–H and O–H groups in total. The average Bonchev–Trinajstić information content (AvgIpc) is 2.53. The predicted molar refractivity (Wildman–Crippen MR) is 86.5 cm³/mol. The molecule has 0 radical (unpaired) electrons. The smallest absolute Gasteiger partial charge is 0.319 e. The minimum atomic E-state index is -0.476. The van der Waals surface area contributed by atoms with Crippen LogP contribution in [-0.4, -0.2) is 17.1 Å². The van der Waals surface area contributed by atoms with E-state index in [9.17, 15) is 9.59 Å². The van der Waals surface area contributed by atoms with Crippen LogP contribution in [0.1, 0.15) is 22.8 Å². The molecule has 0 fully saturated rings. The van der Waals surface area contributed by atoms with E-state index < -0.39 is 5.91 Å². The van der Waals surface area contributed by atoms with Crippen molar-refractivity contribution in [3.63, 3.8) is 0 Å². The van der Waals surface area contributed by atoms with E-state index in [1.807, 2.05) is 37.3 Å². The van der Waals surface area contributed by atoms with Crippen LogP contribution in [0.25, 0.3) is 0 Å². The number of primary amides is 1. The first kappa shape index (κ1) is 16.1. The van der Waals surface area contributed by atoms with Crippen molar-refractivity contribution in [2.75, 3.05) is 0 Å². The van der Waals surface area contributed by atoms with Gasteiger partial charge in [0.25, 0.3) is 0 Å². The van der Waals surface area contributed by atoms with Crippen LogP contribution in [0, 0.1) is 0 Å². The van der Waals surface area contributed by atoms with Gasteiger partial charge in [-0.15, -0.1) is 11.8 Å². The monoisotopic (exact) mass is 315 g/mol. The van der Waals surface area contributed by atoms with Gasteiger partial charge in [0.2, 0.25) is 5.91 Å². The van der Waals surface area contributed by atoms with Crippen molar-refractivity contribution < 1.29 is 14.3 Å². The molecule has 1 amide bonds. The summed E-state index contributed by atoms with van der Waals surface area (Å²) in [6.45, 7) is 1.99. The lowest BCUT2D eigenvalue weighted by Gasteiger charge is -2.11. The lowest BCUT2D eigenvalue weighted by Crippen LogP contribution is -2.16. The zero-order valence-corrected chi connectivity index (χ0v) is 13.0. The quantitative estimate of drug-likeness (QED) is 0.657. The zero-order chi connectivity index (χ0) is 15.9. The van der Waals surface area contributed by atoms with Crippen molar-refractivity contribution >= 4 is 23.6 Å². The predicted octanol–water partition coefficient (Wildman–Crippen LogP) is 3.01. The Balaban J connectivity index is 1.85. The van der Waals surface area contributed by atoms with E-state index in [0.717, 1.165) is 10.5 Å². The molecule has 0 aliphatic rings. The van der Waals surface area contributed by atoms with Gasteiger partial charge in [0.15, 0.2) is 0 Å². The van der Waals surface area contributed by atoms with E-state index in [0.29, 0.717) is 5.56 Å². The molecule has 0 heterocycles. The van der Waals surface area contributed by atoms with Crippen molar-refractivity contribution in [1.29, 1.82) is 0 Å². The molecule has 114 valence electrons. The first-order chi connectivity index (χ1) is 10.6. The highest BCUT2D eigenvalue weighted by atomic mass is 32.2. The van der Waals surface area contributed by atoms with Gasteiger partial charge in [-0.05, 0) is 36.8 Å². The third-order valence-electron chi connectivity index (χ3n) is 3.01. The minimum Gasteiger partial charge on any atom is -0.460 e. The number of amides is 1. The molecular formula is C17H17NO3S. The van der Waals surface area contributed by atoms with Crippen molar-refractivity contribution in [2.45, 2.75) is 23.7 Å². The van der Waals surface area contributed by atoms with Crippen LogP contribution in [0.3, 0.4) is 0 Å². The maximum absolute atomic E-state index is 12.0. The topological polar surface area (TPSA) is 69.4 Å². The van der Waals surface area contributed by atoms with Crippen LogP contribution in [0.15, 0.2) is 59.5 Å². The highest BCUT2D eigenvalue weighted by Gasteiger charge is 2.15. The molecule has 22 heavy (non-hydrogen) atoms. The number of nitrogens with two attached hydrogens (primary N) is 1. The Bertz CT molecular complexity index is 641. The zero-order valence-electron chi connectivity index (χ0n) is 12.2. The van der Waals surface area contributed by atoms with Gasteiger partial charge in [0.1, 0.15) is 11.9 Å². The van der Waals surface area contributed by atoms with Gasteiger partial charge in [-0.25, -0.2) is 0 Å². The molecule has 4 nitrogen and oxygen atoms in total. The van der Waals surface area contributed by atoms with Crippen molar-refractivity contribution in [3.8, 4) is 0 Å². The second kappa shape index (κ2) is 7.66. The Hall–Kier alpha value is -2.27. The molecule has 0 aliphatic carbocycles. The summed E-state index contributed by atoms with van der Waals surface area (Å²) in [6, 6.07) is 16.4. The number of carbonyl (C=O) groups is 2. The number of benzene rings is 2. The maximum atomic E-state index is 12.0. The molecular weight excluding hydrogens is 298 g/mol. The molecule has 5 heteroatoms. The van der Waals surface area contributed by atoms with E-state index in [1.165, 1.54) is 11.8 Å². The van der Waals surface area contributed by atoms with E-state index in [2.05, 4.69) is 0 Å². The molecule has 2 rings (SSSR count). The molecule has 2 aromatic carbocycles. The largest absolute Gasteiger partial charge is 0.460 e. The van der Waals surface area contributed by atoms with Gasteiger partial charge in [-0.3, -0.25) is 9.59 Å². The number of thioether (sulfide) groups is 1. The highest BCUT2D eigenvalue weighted by molar-refractivity contribution is 8.00. The molecule has 0 unspecified atom stereocenters. The Morgan fingerprint density at radius 3 is 2.32 bits per heavy atom. The average molecular weight is 315 g/mol. The number of hydrogen-bond donors (Lipinski definition) is 1. The Labute approximate surface area is 133 Å². The fourth-order valence-electron chi connectivity index (χ4n) is 1.79. The molecule has 0 aliphatic heterocycles.